The highest BCUT2D eigenvalue weighted by atomic mass is 19.4. The van der Waals surface area contributed by atoms with Crippen molar-refractivity contribution in [2.45, 2.75) is 37.9 Å². The minimum Gasteiger partial charge on any atom is -0.327 e. The molecule has 2 atom stereocenters. The number of halogens is 3. The summed E-state index contributed by atoms with van der Waals surface area (Å²) in [6.45, 7) is -0.517. The molecule has 0 aromatic rings. The van der Waals surface area contributed by atoms with E-state index in [1.165, 1.54) is 0 Å². The lowest BCUT2D eigenvalue weighted by atomic mass is 9.85. The summed E-state index contributed by atoms with van der Waals surface area (Å²) in [5, 5.41) is 2.42. The van der Waals surface area contributed by atoms with Crippen molar-refractivity contribution < 1.29 is 13.2 Å². The molecule has 3 N–H and O–H groups in total. The molecule has 0 heterocycles. The number of nitrogens with one attached hydrogen (secondary N) is 1. The third-order valence-electron chi connectivity index (χ3n) is 2.70. The van der Waals surface area contributed by atoms with Gasteiger partial charge in [0.2, 0.25) is 0 Å². The first-order valence-electron chi connectivity index (χ1n) is 5.02. The van der Waals surface area contributed by atoms with E-state index in [0.29, 0.717) is 6.54 Å². The quantitative estimate of drug-likeness (QED) is 0.743. The van der Waals surface area contributed by atoms with Crippen molar-refractivity contribution in [3.05, 3.63) is 0 Å². The molecule has 2 unspecified atom stereocenters. The molecular formula is C9H17F3N2. The Balaban J connectivity index is 2.17. The maximum atomic E-state index is 11.8. The van der Waals surface area contributed by atoms with Gasteiger partial charge in [0.05, 0.1) is 6.54 Å². The van der Waals surface area contributed by atoms with Crippen LogP contribution in [0.3, 0.4) is 0 Å². The topological polar surface area (TPSA) is 38.0 Å². The molecule has 1 fully saturated rings. The average molecular weight is 210 g/mol. The summed E-state index contributed by atoms with van der Waals surface area (Å²) in [6, 6.07) is 0.0736. The van der Waals surface area contributed by atoms with Crippen LogP contribution in [0.4, 0.5) is 13.2 Å². The van der Waals surface area contributed by atoms with Crippen LogP contribution in [-0.2, 0) is 0 Å². The van der Waals surface area contributed by atoms with Crippen LogP contribution in [0.1, 0.15) is 25.7 Å². The number of nitrogens with two attached hydrogens (primary N) is 1. The second-order valence-electron chi connectivity index (χ2n) is 3.95. The fraction of sp³-hybridized carbons (Fsp3) is 1.00. The second kappa shape index (κ2) is 4.98. The Labute approximate surface area is 82.0 Å². The standard InChI is InChI=1S/C9H17F3N2/c10-9(11,12)6-14-5-7-3-1-2-4-8(7)13/h7-8,14H,1-6,13H2. The smallest absolute Gasteiger partial charge is 0.327 e. The van der Waals surface area contributed by atoms with Gasteiger partial charge in [0.15, 0.2) is 0 Å². The van der Waals surface area contributed by atoms with Crippen LogP contribution < -0.4 is 11.1 Å². The fourth-order valence-corrected chi connectivity index (χ4v) is 1.89. The third kappa shape index (κ3) is 4.28. The minimum atomic E-state index is -4.11. The van der Waals surface area contributed by atoms with E-state index in [-0.39, 0.29) is 12.0 Å². The van der Waals surface area contributed by atoms with Gasteiger partial charge in [-0.2, -0.15) is 13.2 Å². The summed E-state index contributed by atoms with van der Waals surface area (Å²) >= 11 is 0. The molecule has 0 amide bonds. The van der Waals surface area contributed by atoms with Gasteiger partial charge in [-0.25, -0.2) is 0 Å². The van der Waals surface area contributed by atoms with Gasteiger partial charge in [-0.3, -0.25) is 0 Å². The molecule has 1 saturated carbocycles. The first kappa shape index (κ1) is 11.8. The molecule has 0 spiro atoms. The van der Waals surface area contributed by atoms with Gasteiger partial charge in [-0.05, 0) is 25.3 Å². The molecule has 84 valence electrons. The van der Waals surface area contributed by atoms with Crippen LogP contribution in [0, 0.1) is 5.92 Å². The van der Waals surface area contributed by atoms with E-state index in [2.05, 4.69) is 5.32 Å². The number of rotatable bonds is 3. The first-order chi connectivity index (χ1) is 6.49. The Morgan fingerprint density at radius 2 is 1.86 bits per heavy atom. The van der Waals surface area contributed by atoms with Crippen molar-refractivity contribution in [1.29, 1.82) is 0 Å². The molecule has 5 heteroatoms. The molecule has 0 saturated heterocycles. The molecule has 0 aromatic heterocycles. The predicted octanol–water partition coefficient (Wildman–Crippen LogP) is 1.66. The van der Waals surface area contributed by atoms with Gasteiger partial charge in [0.25, 0.3) is 0 Å². The monoisotopic (exact) mass is 210 g/mol. The van der Waals surface area contributed by atoms with E-state index in [9.17, 15) is 13.2 Å². The lowest BCUT2D eigenvalue weighted by Crippen LogP contribution is -2.41. The Hall–Kier alpha value is -0.290. The summed E-state index contributed by atoms with van der Waals surface area (Å²) in [6.07, 6.45) is -0.0217. The van der Waals surface area contributed by atoms with Crippen molar-refractivity contribution in [2.24, 2.45) is 11.7 Å². The van der Waals surface area contributed by atoms with Crippen molar-refractivity contribution in [2.75, 3.05) is 13.1 Å². The van der Waals surface area contributed by atoms with Crippen LogP contribution in [-0.4, -0.2) is 25.3 Å². The van der Waals surface area contributed by atoms with Gasteiger partial charge >= 0.3 is 6.18 Å². The summed E-state index contributed by atoms with van der Waals surface area (Å²) in [5.41, 5.74) is 5.81. The number of hydrogen-bond donors (Lipinski definition) is 2. The maximum Gasteiger partial charge on any atom is 0.401 e. The van der Waals surface area contributed by atoms with E-state index in [1.807, 2.05) is 0 Å². The van der Waals surface area contributed by atoms with Gasteiger partial charge in [0.1, 0.15) is 0 Å². The Morgan fingerprint density at radius 1 is 1.21 bits per heavy atom. The van der Waals surface area contributed by atoms with E-state index >= 15 is 0 Å². The largest absolute Gasteiger partial charge is 0.401 e. The van der Waals surface area contributed by atoms with Crippen LogP contribution in [0.2, 0.25) is 0 Å². The van der Waals surface area contributed by atoms with E-state index < -0.39 is 12.7 Å². The van der Waals surface area contributed by atoms with Crippen molar-refractivity contribution in [3.8, 4) is 0 Å². The summed E-state index contributed by atoms with van der Waals surface area (Å²) in [7, 11) is 0. The molecular weight excluding hydrogens is 193 g/mol. The normalized spacial score (nSPS) is 29.1. The third-order valence-corrected chi connectivity index (χ3v) is 2.70. The van der Waals surface area contributed by atoms with Crippen LogP contribution in [0.5, 0.6) is 0 Å². The second-order valence-corrected chi connectivity index (χ2v) is 3.95. The van der Waals surface area contributed by atoms with Crippen molar-refractivity contribution in [1.82, 2.24) is 5.32 Å². The first-order valence-corrected chi connectivity index (χ1v) is 5.02. The van der Waals surface area contributed by atoms with Gasteiger partial charge in [0, 0.05) is 6.04 Å². The van der Waals surface area contributed by atoms with Gasteiger partial charge < -0.3 is 11.1 Å². The van der Waals surface area contributed by atoms with Crippen LogP contribution >= 0.6 is 0 Å². The van der Waals surface area contributed by atoms with E-state index in [0.717, 1.165) is 25.7 Å². The number of alkyl halides is 3. The van der Waals surface area contributed by atoms with Crippen molar-refractivity contribution in [3.63, 3.8) is 0 Å². The highest BCUT2D eigenvalue weighted by Gasteiger charge is 2.28. The molecule has 1 aliphatic rings. The highest BCUT2D eigenvalue weighted by Crippen LogP contribution is 2.22. The molecule has 2 nitrogen and oxygen atoms in total. The fourth-order valence-electron chi connectivity index (χ4n) is 1.89. The van der Waals surface area contributed by atoms with Crippen LogP contribution in [0.25, 0.3) is 0 Å². The minimum absolute atomic E-state index is 0.0736. The summed E-state index contributed by atoms with van der Waals surface area (Å²) in [4.78, 5) is 0. The van der Waals surface area contributed by atoms with Gasteiger partial charge in [-0.1, -0.05) is 12.8 Å². The highest BCUT2D eigenvalue weighted by molar-refractivity contribution is 4.79. The van der Waals surface area contributed by atoms with Crippen LogP contribution in [0.15, 0.2) is 0 Å². The SMILES string of the molecule is NC1CCCCC1CNCC(F)(F)F. The predicted molar refractivity (Wildman–Crippen MR) is 48.9 cm³/mol. The molecule has 0 bridgehead atoms. The zero-order chi connectivity index (χ0) is 10.6. The lowest BCUT2D eigenvalue weighted by molar-refractivity contribution is -0.125. The van der Waals surface area contributed by atoms with Crippen molar-refractivity contribution >= 4 is 0 Å². The zero-order valence-electron chi connectivity index (χ0n) is 8.11. The molecule has 1 aliphatic carbocycles. The average Bonchev–Trinajstić information content (AvgIpc) is 2.06. The lowest BCUT2D eigenvalue weighted by Gasteiger charge is -2.28. The molecule has 0 radical (unpaired) electrons. The maximum absolute atomic E-state index is 11.8. The molecule has 14 heavy (non-hydrogen) atoms. The Kier molecular flexibility index (Phi) is 4.19. The molecule has 1 rings (SSSR count). The Morgan fingerprint density at radius 3 is 2.43 bits per heavy atom. The van der Waals surface area contributed by atoms with E-state index in [1.54, 1.807) is 0 Å². The van der Waals surface area contributed by atoms with E-state index in [4.69, 9.17) is 5.73 Å². The Bertz CT molecular complexity index is 170. The summed E-state index contributed by atoms with van der Waals surface area (Å²) < 4.78 is 35.4. The number of hydrogen-bond acceptors (Lipinski definition) is 2. The molecule has 0 aromatic carbocycles. The molecule has 0 aliphatic heterocycles. The summed E-state index contributed by atoms with van der Waals surface area (Å²) in [5.74, 6) is 0.214. The van der Waals surface area contributed by atoms with Gasteiger partial charge in [-0.15, -0.1) is 0 Å². The zero-order valence-corrected chi connectivity index (χ0v) is 8.11.